The second-order valence-electron chi connectivity index (χ2n) is 4.45. The summed E-state index contributed by atoms with van der Waals surface area (Å²) >= 11 is 1.15. The van der Waals surface area contributed by atoms with Gasteiger partial charge in [0.2, 0.25) is 5.91 Å². The van der Waals surface area contributed by atoms with E-state index in [1.165, 1.54) is 11.0 Å². The van der Waals surface area contributed by atoms with E-state index in [9.17, 15) is 19.5 Å². The van der Waals surface area contributed by atoms with Crippen LogP contribution >= 0.6 is 11.3 Å². The Kier molecular flexibility index (Phi) is 5.43. The zero-order valence-corrected chi connectivity index (χ0v) is 12.1. The van der Waals surface area contributed by atoms with Crippen molar-refractivity contribution in [1.82, 2.24) is 10.2 Å². The van der Waals surface area contributed by atoms with Crippen molar-refractivity contribution in [2.24, 2.45) is 0 Å². The maximum absolute atomic E-state index is 12.2. The van der Waals surface area contributed by atoms with Crippen molar-refractivity contribution < 1.29 is 24.2 Å². The van der Waals surface area contributed by atoms with Gasteiger partial charge in [0, 0.05) is 13.1 Å². The molecule has 1 aromatic rings. The van der Waals surface area contributed by atoms with E-state index in [1.807, 2.05) is 0 Å². The lowest BCUT2D eigenvalue weighted by molar-refractivity contribution is -0.140. The Bertz CT molecular complexity index is 511. The van der Waals surface area contributed by atoms with Crippen molar-refractivity contribution in [2.45, 2.75) is 6.04 Å². The monoisotopic (exact) mass is 312 g/mol. The molecular formula is C13H16N2O5S. The van der Waals surface area contributed by atoms with Gasteiger partial charge in [-0.25, -0.2) is 0 Å². The Balaban J connectivity index is 1.96. The van der Waals surface area contributed by atoms with Crippen molar-refractivity contribution >= 4 is 28.9 Å². The second-order valence-corrected chi connectivity index (χ2v) is 5.40. The summed E-state index contributed by atoms with van der Waals surface area (Å²) in [6.45, 7) is 1.10. The molecule has 7 nitrogen and oxygen atoms in total. The lowest BCUT2D eigenvalue weighted by Crippen LogP contribution is -2.54. The number of amides is 2. The molecule has 1 fully saturated rings. The summed E-state index contributed by atoms with van der Waals surface area (Å²) < 4.78 is 5.14. The molecule has 1 aliphatic heterocycles. The minimum atomic E-state index is -1.11. The Hall–Kier alpha value is -1.77. The Morgan fingerprint density at radius 1 is 1.38 bits per heavy atom. The third-order valence-electron chi connectivity index (χ3n) is 3.06. The number of rotatable bonds is 5. The molecule has 21 heavy (non-hydrogen) atoms. The van der Waals surface area contributed by atoms with Crippen LogP contribution in [0, 0.1) is 0 Å². The van der Waals surface area contributed by atoms with E-state index in [1.54, 1.807) is 11.4 Å². The van der Waals surface area contributed by atoms with Crippen LogP contribution in [0.4, 0.5) is 0 Å². The average Bonchev–Trinajstić information content (AvgIpc) is 3.06. The smallest absolute Gasteiger partial charge is 0.293 e. The molecule has 1 aromatic heterocycles. The lowest BCUT2D eigenvalue weighted by Gasteiger charge is -2.29. The molecule has 0 radical (unpaired) electrons. The molecule has 2 amide bonds. The topological polar surface area (TPSA) is 95.9 Å². The van der Waals surface area contributed by atoms with Gasteiger partial charge in [-0.3, -0.25) is 14.4 Å². The van der Waals surface area contributed by atoms with Gasteiger partial charge in [0.25, 0.3) is 11.7 Å². The molecule has 2 rings (SSSR count). The molecular weight excluding hydrogens is 296 g/mol. The van der Waals surface area contributed by atoms with Crippen LogP contribution < -0.4 is 5.32 Å². The van der Waals surface area contributed by atoms with Crippen LogP contribution in [0.5, 0.6) is 0 Å². The highest BCUT2D eigenvalue weighted by Crippen LogP contribution is 2.09. The number of hydrogen-bond acceptors (Lipinski definition) is 6. The van der Waals surface area contributed by atoms with Crippen LogP contribution in [0.1, 0.15) is 9.67 Å². The minimum absolute atomic E-state index is 0.294. The Labute approximate surface area is 125 Å². The SMILES string of the molecule is O=C(NC(CO)C(=O)N1CCOCC1)C(=O)c1cccs1. The Morgan fingerprint density at radius 3 is 2.67 bits per heavy atom. The number of aliphatic hydroxyl groups excluding tert-OH is 1. The van der Waals surface area contributed by atoms with E-state index in [0.717, 1.165) is 11.3 Å². The van der Waals surface area contributed by atoms with Gasteiger partial charge in [0.05, 0.1) is 24.7 Å². The number of hydrogen-bond donors (Lipinski definition) is 2. The third-order valence-corrected chi connectivity index (χ3v) is 3.93. The fourth-order valence-electron chi connectivity index (χ4n) is 1.93. The van der Waals surface area contributed by atoms with Crippen LogP contribution in [0.25, 0.3) is 0 Å². The Morgan fingerprint density at radius 2 is 2.10 bits per heavy atom. The molecule has 0 aliphatic carbocycles. The third kappa shape index (κ3) is 3.87. The first-order valence-electron chi connectivity index (χ1n) is 6.49. The summed E-state index contributed by atoms with van der Waals surface area (Å²) in [7, 11) is 0. The highest BCUT2D eigenvalue weighted by atomic mass is 32.1. The molecule has 1 unspecified atom stereocenters. The molecule has 1 saturated heterocycles. The normalized spacial score (nSPS) is 16.3. The van der Waals surface area contributed by atoms with E-state index < -0.39 is 30.2 Å². The zero-order valence-electron chi connectivity index (χ0n) is 11.3. The number of ether oxygens (including phenoxy) is 1. The van der Waals surface area contributed by atoms with Crippen LogP contribution in [-0.2, 0) is 14.3 Å². The summed E-state index contributed by atoms with van der Waals surface area (Å²) in [5.74, 6) is -2.01. The molecule has 0 bridgehead atoms. The molecule has 2 N–H and O–H groups in total. The van der Waals surface area contributed by atoms with Crippen molar-refractivity contribution in [3.05, 3.63) is 22.4 Å². The quantitative estimate of drug-likeness (QED) is 0.552. The highest BCUT2D eigenvalue weighted by Gasteiger charge is 2.29. The summed E-state index contributed by atoms with van der Waals surface area (Å²) in [6.07, 6.45) is 0. The van der Waals surface area contributed by atoms with Crippen LogP contribution in [0.15, 0.2) is 17.5 Å². The van der Waals surface area contributed by atoms with Gasteiger partial charge in [-0.1, -0.05) is 6.07 Å². The van der Waals surface area contributed by atoms with Gasteiger partial charge in [-0.15, -0.1) is 11.3 Å². The van der Waals surface area contributed by atoms with Crippen molar-refractivity contribution in [2.75, 3.05) is 32.9 Å². The molecule has 2 heterocycles. The standard InChI is InChI=1S/C13H16N2O5S/c16-8-9(13(19)15-3-5-20-6-4-15)14-12(18)11(17)10-2-1-7-21-10/h1-2,7,9,16H,3-6,8H2,(H,14,18). The first kappa shape index (κ1) is 15.6. The van der Waals surface area contributed by atoms with Gasteiger partial charge in [0.1, 0.15) is 6.04 Å². The second kappa shape index (κ2) is 7.30. The number of thiophene rings is 1. The van der Waals surface area contributed by atoms with E-state index in [0.29, 0.717) is 31.2 Å². The number of carbonyl (C=O) groups is 3. The van der Waals surface area contributed by atoms with Gasteiger partial charge in [-0.2, -0.15) is 0 Å². The van der Waals surface area contributed by atoms with E-state index in [4.69, 9.17) is 4.74 Å². The van der Waals surface area contributed by atoms with E-state index >= 15 is 0 Å². The van der Waals surface area contributed by atoms with Crippen LogP contribution in [-0.4, -0.2) is 66.6 Å². The van der Waals surface area contributed by atoms with E-state index in [-0.39, 0.29) is 0 Å². The molecule has 114 valence electrons. The number of Topliss-reactive ketones (excluding diaryl/α,β-unsaturated/α-hetero) is 1. The summed E-state index contributed by atoms with van der Waals surface area (Å²) in [4.78, 5) is 37.6. The number of ketones is 1. The van der Waals surface area contributed by atoms with Crippen molar-refractivity contribution in [3.63, 3.8) is 0 Å². The predicted molar refractivity (Wildman–Crippen MR) is 75.1 cm³/mol. The van der Waals surface area contributed by atoms with Gasteiger partial charge in [-0.05, 0) is 11.4 Å². The maximum atomic E-state index is 12.2. The minimum Gasteiger partial charge on any atom is -0.394 e. The first-order valence-corrected chi connectivity index (χ1v) is 7.37. The zero-order chi connectivity index (χ0) is 15.2. The summed E-state index contributed by atoms with van der Waals surface area (Å²) in [5.41, 5.74) is 0. The molecule has 0 aromatic carbocycles. The lowest BCUT2D eigenvalue weighted by atomic mass is 10.2. The van der Waals surface area contributed by atoms with Gasteiger partial charge < -0.3 is 20.1 Å². The summed E-state index contributed by atoms with van der Waals surface area (Å²) in [5, 5.41) is 13.3. The number of nitrogens with zero attached hydrogens (tertiary/aromatic N) is 1. The van der Waals surface area contributed by atoms with Gasteiger partial charge in [0.15, 0.2) is 0 Å². The largest absolute Gasteiger partial charge is 0.394 e. The first-order chi connectivity index (χ1) is 10.1. The molecule has 1 atom stereocenters. The molecule has 0 spiro atoms. The highest BCUT2D eigenvalue weighted by molar-refractivity contribution is 7.13. The van der Waals surface area contributed by atoms with Crippen molar-refractivity contribution in [1.29, 1.82) is 0 Å². The van der Waals surface area contributed by atoms with Crippen LogP contribution in [0.2, 0.25) is 0 Å². The number of aliphatic hydroxyl groups is 1. The number of nitrogens with one attached hydrogen (secondary N) is 1. The number of carbonyl (C=O) groups excluding carboxylic acids is 3. The maximum Gasteiger partial charge on any atom is 0.293 e. The number of morpholine rings is 1. The fourth-order valence-corrected chi connectivity index (χ4v) is 2.59. The average molecular weight is 312 g/mol. The molecule has 1 aliphatic rings. The predicted octanol–water partition coefficient (Wildman–Crippen LogP) is -0.733. The fraction of sp³-hybridized carbons (Fsp3) is 0.462. The van der Waals surface area contributed by atoms with Crippen molar-refractivity contribution in [3.8, 4) is 0 Å². The van der Waals surface area contributed by atoms with E-state index in [2.05, 4.69) is 5.32 Å². The van der Waals surface area contributed by atoms with Crippen LogP contribution in [0.3, 0.4) is 0 Å². The summed E-state index contributed by atoms with van der Waals surface area (Å²) in [6, 6.07) is 2.08. The molecule has 8 heteroatoms. The molecule has 0 saturated carbocycles. The van der Waals surface area contributed by atoms with Gasteiger partial charge >= 0.3 is 0 Å².